The predicted octanol–water partition coefficient (Wildman–Crippen LogP) is 1.03. The summed E-state index contributed by atoms with van der Waals surface area (Å²) >= 11 is 0. The molecule has 0 radical (unpaired) electrons. The van der Waals surface area contributed by atoms with Crippen molar-refractivity contribution in [3.8, 4) is 0 Å². The first-order valence-corrected chi connectivity index (χ1v) is 6.85. The van der Waals surface area contributed by atoms with Crippen LogP contribution in [0.1, 0.15) is 27.2 Å². The fraction of sp³-hybridized carbons (Fsp3) is 0.846. The molecule has 1 heterocycles. The molecule has 0 saturated carbocycles. The van der Waals surface area contributed by atoms with Crippen LogP contribution in [0.3, 0.4) is 0 Å². The minimum absolute atomic E-state index is 0.00464. The monoisotopic (exact) mass is 292 g/mol. The largest absolute Gasteiger partial charge is 0.374 e. The van der Waals surface area contributed by atoms with Crippen LogP contribution in [0.5, 0.6) is 0 Å². The normalized spacial score (nSPS) is 23.6. The molecule has 1 rings (SSSR count). The van der Waals surface area contributed by atoms with Crippen molar-refractivity contribution >= 4 is 11.8 Å². The lowest BCUT2D eigenvalue weighted by Gasteiger charge is -2.40. The number of halogens is 2. The summed E-state index contributed by atoms with van der Waals surface area (Å²) in [5.74, 6) is -0.388. The minimum Gasteiger partial charge on any atom is -0.374 e. The van der Waals surface area contributed by atoms with Gasteiger partial charge in [0, 0.05) is 6.54 Å². The van der Waals surface area contributed by atoms with Gasteiger partial charge >= 0.3 is 0 Å². The van der Waals surface area contributed by atoms with Crippen LogP contribution < -0.4 is 5.32 Å². The third-order valence-electron chi connectivity index (χ3n) is 3.30. The van der Waals surface area contributed by atoms with Gasteiger partial charge in [0.15, 0.2) is 0 Å². The molecule has 2 atom stereocenters. The summed E-state index contributed by atoms with van der Waals surface area (Å²) in [6.45, 7) is 5.01. The van der Waals surface area contributed by atoms with Gasteiger partial charge in [-0.2, -0.15) is 0 Å². The molecule has 1 N–H and O–H groups in total. The molecule has 0 aromatic carbocycles. The maximum Gasteiger partial charge on any atom is 0.261 e. The first-order chi connectivity index (χ1) is 9.38. The minimum atomic E-state index is -2.53. The van der Waals surface area contributed by atoms with Gasteiger partial charge in [0.05, 0.1) is 6.61 Å². The Kier molecular flexibility index (Phi) is 6.32. The van der Waals surface area contributed by atoms with E-state index in [-0.39, 0.29) is 30.9 Å². The highest BCUT2D eigenvalue weighted by molar-refractivity contribution is 5.97. The summed E-state index contributed by atoms with van der Waals surface area (Å²) in [7, 11) is 0. The lowest BCUT2D eigenvalue weighted by atomic mass is 9.97. The van der Waals surface area contributed by atoms with Crippen LogP contribution in [0.4, 0.5) is 8.78 Å². The number of hydrogen-bond acceptors (Lipinski definition) is 3. The lowest BCUT2D eigenvalue weighted by molar-refractivity contribution is -0.151. The molecular weight excluding hydrogens is 270 g/mol. The Hall–Kier alpha value is -1.24. The number of piperazine rings is 1. The number of carbonyl (C=O) groups excluding carboxylic acids is 2. The SMILES string of the molecule is CCC1C(=O)NC(C(C)C)C(=O)N1CCOCC(F)F. The number of alkyl halides is 2. The summed E-state index contributed by atoms with van der Waals surface area (Å²) in [4.78, 5) is 25.7. The molecular formula is C13H22F2N2O3. The Morgan fingerprint density at radius 1 is 1.35 bits per heavy atom. The van der Waals surface area contributed by atoms with Gasteiger partial charge < -0.3 is 15.0 Å². The molecule has 20 heavy (non-hydrogen) atoms. The van der Waals surface area contributed by atoms with Crippen LogP contribution in [0.15, 0.2) is 0 Å². The second-order valence-corrected chi connectivity index (χ2v) is 5.15. The van der Waals surface area contributed by atoms with Gasteiger partial charge in [0.25, 0.3) is 6.43 Å². The number of nitrogens with zero attached hydrogens (tertiary/aromatic N) is 1. The number of hydrogen-bond donors (Lipinski definition) is 1. The van der Waals surface area contributed by atoms with E-state index in [1.165, 1.54) is 4.90 Å². The maximum atomic E-state index is 12.3. The fourth-order valence-electron chi connectivity index (χ4n) is 2.24. The zero-order valence-corrected chi connectivity index (χ0v) is 12.1. The van der Waals surface area contributed by atoms with Crippen LogP contribution in [0.25, 0.3) is 0 Å². The van der Waals surface area contributed by atoms with Gasteiger partial charge in [-0.1, -0.05) is 20.8 Å². The van der Waals surface area contributed by atoms with Crippen LogP contribution in [-0.2, 0) is 14.3 Å². The average molecular weight is 292 g/mol. The highest BCUT2D eigenvalue weighted by Crippen LogP contribution is 2.17. The van der Waals surface area contributed by atoms with E-state index in [4.69, 9.17) is 4.74 Å². The quantitative estimate of drug-likeness (QED) is 0.713. The molecule has 1 fully saturated rings. The topological polar surface area (TPSA) is 58.6 Å². The number of ether oxygens (including phenoxy) is 1. The number of rotatable bonds is 7. The van der Waals surface area contributed by atoms with E-state index in [1.54, 1.807) is 6.92 Å². The average Bonchev–Trinajstić information content (AvgIpc) is 2.37. The molecule has 2 amide bonds. The Labute approximate surface area is 117 Å². The third kappa shape index (κ3) is 4.13. The summed E-state index contributed by atoms with van der Waals surface area (Å²) in [5, 5.41) is 2.71. The number of nitrogens with one attached hydrogen (secondary N) is 1. The summed E-state index contributed by atoms with van der Waals surface area (Å²) < 4.78 is 28.8. The molecule has 7 heteroatoms. The Bertz CT molecular complexity index is 351. The molecule has 5 nitrogen and oxygen atoms in total. The van der Waals surface area contributed by atoms with Crippen molar-refractivity contribution in [3.05, 3.63) is 0 Å². The summed E-state index contributed by atoms with van der Waals surface area (Å²) in [6.07, 6.45) is -2.04. The van der Waals surface area contributed by atoms with Gasteiger partial charge in [-0.15, -0.1) is 0 Å². The molecule has 1 saturated heterocycles. The van der Waals surface area contributed by atoms with Gasteiger partial charge in [-0.05, 0) is 12.3 Å². The smallest absolute Gasteiger partial charge is 0.261 e. The van der Waals surface area contributed by atoms with Crippen LogP contribution in [0.2, 0.25) is 0 Å². The molecule has 0 bridgehead atoms. The van der Waals surface area contributed by atoms with Crippen molar-refractivity contribution in [2.45, 2.75) is 45.7 Å². The molecule has 2 unspecified atom stereocenters. The van der Waals surface area contributed by atoms with Crippen molar-refractivity contribution in [1.29, 1.82) is 0 Å². The Morgan fingerprint density at radius 2 is 2.00 bits per heavy atom. The fourth-order valence-corrected chi connectivity index (χ4v) is 2.24. The van der Waals surface area contributed by atoms with Crippen molar-refractivity contribution in [1.82, 2.24) is 10.2 Å². The molecule has 0 aliphatic carbocycles. The second-order valence-electron chi connectivity index (χ2n) is 5.15. The van der Waals surface area contributed by atoms with E-state index >= 15 is 0 Å². The van der Waals surface area contributed by atoms with E-state index in [0.29, 0.717) is 6.42 Å². The number of amides is 2. The highest BCUT2D eigenvalue weighted by atomic mass is 19.3. The van der Waals surface area contributed by atoms with E-state index < -0.39 is 25.1 Å². The first-order valence-electron chi connectivity index (χ1n) is 6.85. The van der Waals surface area contributed by atoms with Crippen LogP contribution >= 0.6 is 0 Å². The van der Waals surface area contributed by atoms with Gasteiger partial charge in [0.1, 0.15) is 18.7 Å². The van der Waals surface area contributed by atoms with Crippen molar-refractivity contribution in [3.63, 3.8) is 0 Å². The zero-order valence-electron chi connectivity index (χ0n) is 12.1. The molecule has 1 aliphatic rings. The van der Waals surface area contributed by atoms with E-state index in [0.717, 1.165) is 0 Å². The van der Waals surface area contributed by atoms with Crippen molar-refractivity contribution in [2.24, 2.45) is 5.92 Å². The van der Waals surface area contributed by atoms with Crippen molar-refractivity contribution in [2.75, 3.05) is 19.8 Å². The predicted molar refractivity (Wildman–Crippen MR) is 69.4 cm³/mol. The Morgan fingerprint density at radius 3 is 2.50 bits per heavy atom. The highest BCUT2D eigenvalue weighted by Gasteiger charge is 2.40. The Balaban J connectivity index is 2.66. The van der Waals surface area contributed by atoms with Crippen molar-refractivity contribution < 1.29 is 23.1 Å². The summed E-state index contributed by atoms with van der Waals surface area (Å²) in [5.41, 5.74) is 0. The van der Waals surface area contributed by atoms with E-state index in [2.05, 4.69) is 5.32 Å². The second kappa shape index (κ2) is 7.52. The van der Waals surface area contributed by atoms with E-state index in [1.807, 2.05) is 13.8 Å². The molecule has 0 aromatic heterocycles. The van der Waals surface area contributed by atoms with E-state index in [9.17, 15) is 18.4 Å². The molecule has 0 spiro atoms. The molecule has 1 aliphatic heterocycles. The third-order valence-corrected chi connectivity index (χ3v) is 3.30. The van der Waals surface area contributed by atoms with Crippen LogP contribution in [-0.4, -0.2) is 55.0 Å². The van der Waals surface area contributed by atoms with Gasteiger partial charge in [-0.25, -0.2) is 8.78 Å². The molecule has 116 valence electrons. The summed E-state index contributed by atoms with van der Waals surface area (Å²) in [6, 6.07) is -1.10. The van der Waals surface area contributed by atoms with Gasteiger partial charge in [0.2, 0.25) is 11.8 Å². The maximum absolute atomic E-state index is 12.3. The molecule has 0 aromatic rings. The lowest BCUT2D eigenvalue weighted by Crippen LogP contribution is -2.65. The standard InChI is InChI=1S/C13H22F2N2O3/c1-4-9-12(18)16-11(8(2)3)13(19)17(9)5-6-20-7-10(14)15/h8-11H,4-7H2,1-3H3,(H,16,18). The zero-order chi connectivity index (χ0) is 15.3. The first kappa shape index (κ1) is 16.8. The number of carbonyl (C=O) groups is 2. The van der Waals surface area contributed by atoms with Gasteiger partial charge in [-0.3, -0.25) is 9.59 Å². The van der Waals surface area contributed by atoms with Crippen LogP contribution in [0, 0.1) is 5.92 Å².